The van der Waals surface area contributed by atoms with Crippen molar-refractivity contribution in [2.45, 2.75) is 4.90 Å². The molecule has 0 fully saturated rings. The van der Waals surface area contributed by atoms with Crippen molar-refractivity contribution in [2.24, 2.45) is 5.10 Å². The van der Waals surface area contributed by atoms with Crippen LogP contribution in [0.1, 0.15) is 5.56 Å². The molecule has 9 nitrogen and oxygen atoms in total. The number of carbonyl (C=O) groups excluding carboxylic acids is 2. The largest absolute Gasteiger partial charge is 0.482 e. The molecule has 0 aliphatic rings. The van der Waals surface area contributed by atoms with Gasteiger partial charge in [0.05, 0.1) is 23.9 Å². The van der Waals surface area contributed by atoms with Crippen LogP contribution in [0, 0.1) is 0 Å². The monoisotopic (exact) mass is 549 g/mol. The third kappa shape index (κ3) is 7.45. The summed E-state index contributed by atoms with van der Waals surface area (Å²) in [5, 5.41) is 4.30. The van der Waals surface area contributed by atoms with Gasteiger partial charge in [0, 0.05) is 10.0 Å². The number of amides is 1. The molecular formula is C24H21Cl2N3O6S. The summed E-state index contributed by atoms with van der Waals surface area (Å²) in [7, 11) is -2.86. The molecule has 0 bridgehead atoms. The van der Waals surface area contributed by atoms with Crippen LogP contribution in [0.4, 0.5) is 5.69 Å². The van der Waals surface area contributed by atoms with Crippen molar-refractivity contribution in [2.75, 3.05) is 24.6 Å². The first kappa shape index (κ1) is 27.0. The zero-order valence-corrected chi connectivity index (χ0v) is 21.3. The van der Waals surface area contributed by atoms with E-state index >= 15 is 0 Å². The molecule has 0 atom stereocenters. The van der Waals surface area contributed by atoms with Crippen LogP contribution in [0.3, 0.4) is 0 Å². The molecule has 0 unspecified atom stereocenters. The zero-order valence-electron chi connectivity index (χ0n) is 18.9. The SMILES string of the molecule is COC(=O)COc1ccc(/C=N\NC(=O)CN(c2cc(Cl)cc(Cl)c2)S(=O)(=O)c2ccccc2)cc1. The normalized spacial score (nSPS) is 11.2. The molecule has 1 N–H and O–H groups in total. The maximum absolute atomic E-state index is 13.3. The molecule has 1 amide bonds. The second-order valence-electron chi connectivity index (χ2n) is 7.18. The summed E-state index contributed by atoms with van der Waals surface area (Å²) < 4.78 is 37.3. The van der Waals surface area contributed by atoms with Gasteiger partial charge in [-0.15, -0.1) is 0 Å². The van der Waals surface area contributed by atoms with Crippen LogP contribution in [0.15, 0.2) is 82.8 Å². The zero-order chi connectivity index (χ0) is 26.1. The number of carbonyl (C=O) groups is 2. The summed E-state index contributed by atoms with van der Waals surface area (Å²) in [4.78, 5) is 23.8. The molecule has 36 heavy (non-hydrogen) atoms. The molecule has 12 heteroatoms. The molecule has 0 saturated heterocycles. The van der Waals surface area contributed by atoms with Crippen LogP contribution < -0.4 is 14.5 Å². The molecule has 3 aromatic carbocycles. The number of anilines is 1. The third-order valence-corrected chi connectivity index (χ3v) is 6.85. The molecular weight excluding hydrogens is 529 g/mol. The van der Waals surface area contributed by atoms with Crippen LogP contribution in [0.5, 0.6) is 5.75 Å². The highest BCUT2D eigenvalue weighted by Gasteiger charge is 2.27. The lowest BCUT2D eigenvalue weighted by molar-refractivity contribution is -0.142. The van der Waals surface area contributed by atoms with Gasteiger partial charge in [-0.2, -0.15) is 5.10 Å². The molecule has 0 aromatic heterocycles. The van der Waals surface area contributed by atoms with Crippen molar-refractivity contribution in [3.05, 3.63) is 88.4 Å². The average Bonchev–Trinajstić information content (AvgIpc) is 2.86. The minimum atomic E-state index is -4.12. The number of benzene rings is 3. The van der Waals surface area contributed by atoms with Gasteiger partial charge in [0.25, 0.3) is 15.9 Å². The van der Waals surface area contributed by atoms with E-state index in [-0.39, 0.29) is 27.2 Å². The van der Waals surface area contributed by atoms with Gasteiger partial charge in [0.2, 0.25) is 0 Å². The molecule has 0 aliphatic heterocycles. The predicted octanol–water partition coefficient (Wildman–Crippen LogP) is 3.89. The number of sulfonamides is 1. The second kappa shape index (κ2) is 12.4. The highest BCUT2D eigenvalue weighted by atomic mass is 35.5. The smallest absolute Gasteiger partial charge is 0.343 e. The maximum atomic E-state index is 13.3. The minimum Gasteiger partial charge on any atom is -0.482 e. The molecule has 0 aliphatic carbocycles. The van der Waals surface area contributed by atoms with E-state index in [0.717, 1.165) is 4.31 Å². The van der Waals surface area contributed by atoms with Crippen LogP contribution >= 0.6 is 23.2 Å². The number of ether oxygens (including phenoxy) is 2. The number of rotatable bonds is 10. The van der Waals surface area contributed by atoms with Gasteiger partial charge < -0.3 is 9.47 Å². The van der Waals surface area contributed by atoms with Gasteiger partial charge in [-0.25, -0.2) is 18.6 Å². The molecule has 3 aromatic rings. The lowest BCUT2D eigenvalue weighted by Crippen LogP contribution is -2.39. The van der Waals surface area contributed by atoms with E-state index in [0.29, 0.717) is 11.3 Å². The van der Waals surface area contributed by atoms with Crippen molar-refractivity contribution in [1.29, 1.82) is 0 Å². The Balaban J connectivity index is 1.72. The Morgan fingerprint density at radius 3 is 2.25 bits per heavy atom. The molecule has 0 heterocycles. The summed E-state index contributed by atoms with van der Waals surface area (Å²) >= 11 is 12.1. The van der Waals surface area contributed by atoms with Crippen LogP contribution in [0.25, 0.3) is 0 Å². The second-order valence-corrected chi connectivity index (χ2v) is 9.91. The summed E-state index contributed by atoms with van der Waals surface area (Å²) in [5.41, 5.74) is 3.06. The van der Waals surface area contributed by atoms with Crippen molar-refractivity contribution in [1.82, 2.24) is 5.43 Å². The molecule has 0 saturated carbocycles. The number of hydrazone groups is 1. The van der Waals surface area contributed by atoms with Crippen LogP contribution in [0.2, 0.25) is 10.0 Å². The van der Waals surface area contributed by atoms with E-state index in [1.807, 2.05) is 0 Å². The molecule has 188 valence electrons. The van der Waals surface area contributed by atoms with Crippen LogP contribution in [-0.2, 0) is 24.3 Å². The Labute approximate surface area is 218 Å². The number of esters is 1. The molecule has 0 spiro atoms. The van der Waals surface area contributed by atoms with E-state index < -0.39 is 28.4 Å². The summed E-state index contributed by atoms with van der Waals surface area (Å²) in [6, 6.07) is 18.5. The Morgan fingerprint density at radius 1 is 1.00 bits per heavy atom. The Morgan fingerprint density at radius 2 is 1.64 bits per heavy atom. The maximum Gasteiger partial charge on any atom is 0.343 e. The lowest BCUT2D eigenvalue weighted by atomic mass is 10.2. The number of nitrogens with one attached hydrogen (secondary N) is 1. The lowest BCUT2D eigenvalue weighted by Gasteiger charge is -2.24. The van der Waals surface area contributed by atoms with Gasteiger partial charge in [-0.1, -0.05) is 41.4 Å². The van der Waals surface area contributed by atoms with E-state index in [1.165, 1.54) is 43.7 Å². The fraction of sp³-hybridized carbons (Fsp3) is 0.125. The van der Waals surface area contributed by atoms with E-state index in [1.54, 1.807) is 42.5 Å². The first-order valence-corrected chi connectivity index (χ1v) is 12.5. The Kier molecular flexibility index (Phi) is 9.29. The van der Waals surface area contributed by atoms with Gasteiger partial charge in [-0.05, 0) is 60.2 Å². The minimum absolute atomic E-state index is 0.00749. The number of methoxy groups -OCH3 is 1. The van der Waals surface area contributed by atoms with Gasteiger partial charge in [0.1, 0.15) is 12.3 Å². The van der Waals surface area contributed by atoms with E-state index in [9.17, 15) is 18.0 Å². The van der Waals surface area contributed by atoms with E-state index in [4.69, 9.17) is 27.9 Å². The summed E-state index contributed by atoms with van der Waals surface area (Å²) in [5.74, 6) is -0.755. The van der Waals surface area contributed by atoms with Crippen molar-refractivity contribution < 1.29 is 27.5 Å². The standard InChI is InChI=1S/C24H21Cl2N3O6S/c1-34-24(31)16-35-21-9-7-17(8-10-21)14-27-28-23(30)15-29(20-12-18(25)11-19(26)13-20)36(32,33)22-5-3-2-4-6-22/h2-14H,15-16H2,1H3,(H,28,30)/b27-14-. The number of halogens is 2. The Hall–Kier alpha value is -3.60. The molecule has 3 rings (SSSR count). The molecule has 0 radical (unpaired) electrons. The number of hydrogen-bond acceptors (Lipinski definition) is 7. The number of nitrogens with zero attached hydrogens (tertiary/aromatic N) is 2. The summed E-state index contributed by atoms with van der Waals surface area (Å²) in [6.07, 6.45) is 1.37. The fourth-order valence-electron chi connectivity index (χ4n) is 2.91. The van der Waals surface area contributed by atoms with Gasteiger partial charge in [0.15, 0.2) is 6.61 Å². The highest BCUT2D eigenvalue weighted by Crippen LogP contribution is 2.29. The highest BCUT2D eigenvalue weighted by molar-refractivity contribution is 7.92. The van der Waals surface area contributed by atoms with Crippen molar-refractivity contribution >= 4 is 57.0 Å². The van der Waals surface area contributed by atoms with Crippen molar-refractivity contribution in [3.8, 4) is 5.75 Å². The fourth-order valence-corrected chi connectivity index (χ4v) is 4.85. The number of hydrogen-bond donors (Lipinski definition) is 1. The Bertz CT molecular complexity index is 1330. The third-order valence-electron chi connectivity index (χ3n) is 4.62. The van der Waals surface area contributed by atoms with Gasteiger partial charge in [-0.3, -0.25) is 9.10 Å². The topological polar surface area (TPSA) is 114 Å². The van der Waals surface area contributed by atoms with Crippen molar-refractivity contribution in [3.63, 3.8) is 0 Å². The quantitative estimate of drug-likeness (QED) is 0.233. The first-order valence-electron chi connectivity index (χ1n) is 10.3. The summed E-state index contributed by atoms with van der Waals surface area (Å²) in [6.45, 7) is -0.800. The average molecular weight is 550 g/mol. The van der Waals surface area contributed by atoms with Gasteiger partial charge >= 0.3 is 5.97 Å². The van der Waals surface area contributed by atoms with Crippen LogP contribution in [-0.4, -0.2) is 46.8 Å². The van der Waals surface area contributed by atoms with E-state index in [2.05, 4.69) is 15.3 Å². The predicted molar refractivity (Wildman–Crippen MR) is 137 cm³/mol. The first-order chi connectivity index (χ1) is 17.2.